The Hall–Kier alpha value is -2.30. The van der Waals surface area contributed by atoms with Gasteiger partial charge < -0.3 is 10.2 Å². The van der Waals surface area contributed by atoms with Crippen LogP contribution in [0.4, 0.5) is 5.69 Å². The van der Waals surface area contributed by atoms with Gasteiger partial charge in [0.1, 0.15) is 0 Å². The van der Waals surface area contributed by atoms with E-state index in [0.717, 1.165) is 23.4 Å². The van der Waals surface area contributed by atoms with Crippen molar-refractivity contribution >= 4 is 11.6 Å². The molecule has 2 rings (SSSR count). The van der Waals surface area contributed by atoms with Gasteiger partial charge in [-0.2, -0.15) is 5.10 Å². The van der Waals surface area contributed by atoms with Crippen LogP contribution in [0.2, 0.25) is 0 Å². The maximum absolute atomic E-state index is 12.0. The Morgan fingerprint density at radius 1 is 1.38 bits per heavy atom. The molecule has 0 unspecified atom stereocenters. The number of anilines is 1. The lowest BCUT2D eigenvalue weighted by Gasteiger charge is -2.14. The summed E-state index contributed by atoms with van der Waals surface area (Å²) in [4.78, 5) is 13.6. The highest BCUT2D eigenvalue weighted by Crippen LogP contribution is 2.18. The summed E-state index contributed by atoms with van der Waals surface area (Å²) < 4.78 is 1.90. The van der Waals surface area contributed by atoms with Crippen molar-refractivity contribution in [2.24, 2.45) is 0 Å². The third-order valence-electron chi connectivity index (χ3n) is 3.38. The third-order valence-corrected chi connectivity index (χ3v) is 3.38. The molecule has 0 aliphatic heterocycles. The van der Waals surface area contributed by atoms with Crippen LogP contribution in [-0.4, -0.2) is 34.7 Å². The van der Waals surface area contributed by atoms with Crippen LogP contribution in [0.5, 0.6) is 0 Å². The molecule has 1 aromatic carbocycles. The standard InChI is InChI=1S/C16H22N4O/c1-5-20-11-13(10-18-20)9-17-15-8-14(7-6-12(15)2)16(21)19(3)4/h6-8,10-11,17H,5,9H2,1-4H3. The van der Waals surface area contributed by atoms with Gasteiger partial charge in [-0.25, -0.2) is 0 Å². The van der Waals surface area contributed by atoms with Crippen molar-refractivity contribution in [2.45, 2.75) is 26.9 Å². The first-order chi connectivity index (χ1) is 10.0. The first-order valence-electron chi connectivity index (χ1n) is 7.08. The molecule has 1 amide bonds. The van der Waals surface area contributed by atoms with Crippen LogP contribution in [-0.2, 0) is 13.1 Å². The van der Waals surface area contributed by atoms with Gasteiger partial charge in [0.15, 0.2) is 0 Å². The van der Waals surface area contributed by atoms with Crippen LogP contribution in [0.3, 0.4) is 0 Å². The van der Waals surface area contributed by atoms with E-state index in [2.05, 4.69) is 17.3 Å². The molecule has 1 N–H and O–H groups in total. The molecule has 0 radical (unpaired) electrons. The Balaban J connectivity index is 2.11. The van der Waals surface area contributed by atoms with E-state index in [1.807, 2.05) is 42.2 Å². The lowest BCUT2D eigenvalue weighted by molar-refractivity contribution is 0.0827. The number of benzene rings is 1. The van der Waals surface area contributed by atoms with Crippen molar-refractivity contribution in [1.82, 2.24) is 14.7 Å². The van der Waals surface area contributed by atoms with Crippen LogP contribution in [0.25, 0.3) is 0 Å². The number of nitrogens with one attached hydrogen (secondary N) is 1. The minimum absolute atomic E-state index is 0.0110. The van der Waals surface area contributed by atoms with Gasteiger partial charge in [-0.3, -0.25) is 9.48 Å². The Kier molecular flexibility index (Phi) is 4.62. The molecule has 0 bridgehead atoms. The van der Waals surface area contributed by atoms with Crippen LogP contribution in [0.15, 0.2) is 30.6 Å². The maximum atomic E-state index is 12.0. The van der Waals surface area contributed by atoms with E-state index in [0.29, 0.717) is 12.1 Å². The monoisotopic (exact) mass is 286 g/mol. The van der Waals surface area contributed by atoms with Crippen molar-refractivity contribution in [2.75, 3.05) is 19.4 Å². The molecule has 0 aliphatic carbocycles. The Bertz CT molecular complexity index is 631. The van der Waals surface area contributed by atoms with Gasteiger partial charge in [-0.05, 0) is 31.5 Å². The minimum Gasteiger partial charge on any atom is -0.381 e. The summed E-state index contributed by atoms with van der Waals surface area (Å²) in [6.07, 6.45) is 3.89. The Morgan fingerprint density at radius 2 is 2.14 bits per heavy atom. The number of carbonyl (C=O) groups excluding carboxylic acids is 1. The summed E-state index contributed by atoms with van der Waals surface area (Å²) in [5.74, 6) is 0.0110. The van der Waals surface area contributed by atoms with E-state index >= 15 is 0 Å². The van der Waals surface area contributed by atoms with Crippen LogP contribution in [0, 0.1) is 6.92 Å². The van der Waals surface area contributed by atoms with Gasteiger partial charge in [-0.15, -0.1) is 0 Å². The highest BCUT2D eigenvalue weighted by molar-refractivity contribution is 5.95. The van der Waals surface area contributed by atoms with Crippen molar-refractivity contribution in [3.8, 4) is 0 Å². The molecule has 1 heterocycles. The lowest BCUT2D eigenvalue weighted by atomic mass is 10.1. The molecular formula is C16H22N4O. The second kappa shape index (κ2) is 6.43. The largest absolute Gasteiger partial charge is 0.381 e. The van der Waals surface area contributed by atoms with E-state index in [4.69, 9.17) is 0 Å². The van der Waals surface area contributed by atoms with E-state index < -0.39 is 0 Å². The zero-order chi connectivity index (χ0) is 15.4. The van der Waals surface area contributed by atoms with Gasteiger partial charge in [0, 0.05) is 50.2 Å². The first kappa shape index (κ1) is 15.1. The van der Waals surface area contributed by atoms with Gasteiger partial charge in [0.2, 0.25) is 0 Å². The summed E-state index contributed by atoms with van der Waals surface area (Å²) in [6.45, 7) is 5.65. The predicted octanol–water partition coefficient (Wildman–Crippen LogP) is 2.53. The number of aryl methyl sites for hydroxylation is 2. The summed E-state index contributed by atoms with van der Waals surface area (Å²) in [7, 11) is 3.52. The molecule has 0 saturated carbocycles. The zero-order valence-electron chi connectivity index (χ0n) is 13.1. The molecule has 0 spiro atoms. The number of aromatic nitrogens is 2. The highest BCUT2D eigenvalue weighted by atomic mass is 16.2. The summed E-state index contributed by atoms with van der Waals surface area (Å²) in [5.41, 5.74) is 3.91. The fraction of sp³-hybridized carbons (Fsp3) is 0.375. The molecular weight excluding hydrogens is 264 g/mol. The SMILES string of the molecule is CCn1cc(CNc2cc(C(=O)N(C)C)ccc2C)cn1. The number of nitrogens with zero attached hydrogens (tertiary/aromatic N) is 3. The number of rotatable bonds is 5. The molecule has 2 aromatic rings. The quantitative estimate of drug-likeness (QED) is 0.919. The van der Waals surface area contributed by atoms with Gasteiger partial charge in [0.25, 0.3) is 5.91 Å². The van der Waals surface area contributed by atoms with E-state index in [1.54, 1.807) is 19.0 Å². The van der Waals surface area contributed by atoms with Gasteiger partial charge in [0.05, 0.1) is 6.20 Å². The number of carbonyl (C=O) groups is 1. The lowest BCUT2D eigenvalue weighted by Crippen LogP contribution is -2.21. The van der Waals surface area contributed by atoms with Crippen molar-refractivity contribution < 1.29 is 4.79 Å². The maximum Gasteiger partial charge on any atom is 0.253 e. The average Bonchev–Trinajstić information content (AvgIpc) is 2.93. The van der Waals surface area contributed by atoms with E-state index in [9.17, 15) is 4.79 Å². The van der Waals surface area contributed by atoms with Crippen molar-refractivity contribution in [3.05, 3.63) is 47.3 Å². The van der Waals surface area contributed by atoms with Gasteiger partial charge >= 0.3 is 0 Å². The third kappa shape index (κ3) is 3.62. The Labute approximate surface area is 125 Å². The zero-order valence-corrected chi connectivity index (χ0v) is 13.1. The smallest absolute Gasteiger partial charge is 0.253 e. The Morgan fingerprint density at radius 3 is 2.76 bits per heavy atom. The van der Waals surface area contributed by atoms with Gasteiger partial charge in [-0.1, -0.05) is 6.07 Å². The second-order valence-electron chi connectivity index (χ2n) is 5.29. The van der Waals surface area contributed by atoms with Crippen LogP contribution in [0.1, 0.15) is 28.4 Å². The molecule has 5 heteroatoms. The fourth-order valence-corrected chi connectivity index (χ4v) is 2.07. The average molecular weight is 286 g/mol. The number of hydrogen-bond acceptors (Lipinski definition) is 3. The highest BCUT2D eigenvalue weighted by Gasteiger charge is 2.10. The predicted molar refractivity (Wildman–Crippen MR) is 84.4 cm³/mol. The molecule has 1 aromatic heterocycles. The molecule has 21 heavy (non-hydrogen) atoms. The molecule has 0 saturated heterocycles. The fourth-order valence-electron chi connectivity index (χ4n) is 2.07. The second-order valence-corrected chi connectivity index (χ2v) is 5.29. The number of hydrogen-bond donors (Lipinski definition) is 1. The summed E-state index contributed by atoms with van der Waals surface area (Å²) in [6, 6.07) is 5.73. The summed E-state index contributed by atoms with van der Waals surface area (Å²) in [5, 5.41) is 7.63. The molecule has 0 aliphatic rings. The normalized spacial score (nSPS) is 10.5. The van der Waals surface area contributed by atoms with Crippen LogP contribution >= 0.6 is 0 Å². The topological polar surface area (TPSA) is 50.2 Å². The number of amides is 1. The molecule has 112 valence electrons. The molecule has 0 fully saturated rings. The van der Waals surface area contributed by atoms with E-state index in [1.165, 1.54) is 0 Å². The summed E-state index contributed by atoms with van der Waals surface area (Å²) >= 11 is 0. The van der Waals surface area contributed by atoms with Crippen molar-refractivity contribution in [3.63, 3.8) is 0 Å². The van der Waals surface area contributed by atoms with Crippen molar-refractivity contribution in [1.29, 1.82) is 0 Å². The molecule has 5 nitrogen and oxygen atoms in total. The van der Waals surface area contributed by atoms with Crippen LogP contribution < -0.4 is 5.32 Å². The molecule has 0 atom stereocenters. The minimum atomic E-state index is 0.0110. The first-order valence-corrected chi connectivity index (χ1v) is 7.08. The van der Waals surface area contributed by atoms with E-state index in [-0.39, 0.29) is 5.91 Å².